The fourth-order valence-electron chi connectivity index (χ4n) is 2.33. The third-order valence-corrected chi connectivity index (χ3v) is 3.47. The fraction of sp³-hybridized carbons (Fsp3) is 0.286. The second-order valence-corrected chi connectivity index (χ2v) is 4.85. The van der Waals surface area contributed by atoms with Crippen molar-refractivity contribution in [2.24, 2.45) is 0 Å². The van der Waals surface area contributed by atoms with Gasteiger partial charge in [-0.15, -0.1) is 0 Å². The molecule has 1 aliphatic rings. The Labute approximate surface area is 131 Å². The molecule has 2 aromatic rings. The van der Waals surface area contributed by atoms with E-state index in [9.17, 15) is 9.59 Å². The van der Waals surface area contributed by atoms with Crippen LogP contribution in [0.25, 0.3) is 0 Å². The molecular formula is C14H15N5O4. The van der Waals surface area contributed by atoms with Gasteiger partial charge in [-0.25, -0.2) is 4.68 Å². The van der Waals surface area contributed by atoms with Crippen molar-refractivity contribution < 1.29 is 19.1 Å². The Kier molecular flexibility index (Phi) is 3.83. The highest BCUT2D eigenvalue weighted by Crippen LogP contribution is 2.30. The highest BCUT2D eigenvalue weighted by Gasteiger charge is 2.33. The molecular weight excluding hydrogens is 302 g/mol. The van der Waals surface area contributed by atoms with Gasteiger partial charge in [-0.2, -0.15) is 10.1 Å². The second-order valence-electron chi connectivity index (χ2n) is 4.85. The van der Waals surface area contributed by atoms with Crippen LogP contribution in [0.15, 0.2) is 24.5 Å². The second kappa shape index (κ2) is 5.95. The summed E-state index contributed by atoms with van der Waals surface area (Å²) in [6, 6.07) is 4.32. The Morgan fingerprint density at radius 2 is 2.22 bits per heavy atom. The highest BCUT2D eigenvalue weighted by molar-refractivity contribution is 6.01. The smallest absolute Gasteiger partial charge is 0.252 e. The Balaban J connectivity index is 1.72. The van der Waals surface area contributed by atoms with Crippen molar-refractivity contribution in [1.29, 1.82) is 0 Å². The third kappa shape index (κ3) is 2.80. The average molecular weight is 317 g/mol. The lowest BCUT2D eigenvalue weighted by Crippen LogP contribution is -2.23. The molecule has 1 aliphatic heterocycles. The molecule has 3 rings (SSSR count). The molecule has 9 nitrogen and oxygen atoms in total. The number of methoxy groups -OCH3 is 2. The first kappa shape index (κ1) is 14.8. The highest BCUT2D eigenvalue weighted by atomic mass is 16.5. The zero-order valence-corrected chi connectivity index (χ0v) is 12.6. The molecule has 9 heteroatoms. The summed E-state index contributed by atoms with van der Waals surface area (Å²) in [5.74, 6) is 0.779. The average Bonchev–Trinajstić information content (AvgIpc) is 3.10. The monoisotopic (exact) mass is 317 g/mol. The van der Waals surface area contributed by atoms with Crippen LogP contribution in [0.1, 0.15) is 12.5 Å². The van der Waals surface area contributed by atoms with Crippen LogP contribution in [0.2, 0.25) is 0 Å². The van der Waals surface area contributed by atoms with E-state index in [4.69, 9.17) is 9.47 Å². The first-order valence-electron chi connectivity index (χ1n) is 6.84. The minimum absolute atomic E-state index is 0.0582. The van der Waals surface area contributed by atoms with E-state index in [1.165, 1.54) is 18.1 Å². The summed E-state index contributed by atoms with van der Waals surface area (Å²) in [4.78, 5) is 28.0. The summed E-state index contributed by atoms with van der Waals surface area (Å²) in [6.45, 7) is 0. The number of nitrogens with one attached hydrogen (secondary N) is 2. The zero-order valence-electron chi connectivity index (χ0n) is 12.6. The van der Waals surface area contributed by atoms with Crippen LogP contribution in [0.3, 0.4) is 0 Å². The van der Waals surface area contributed by atoms with Crippen LogP contribution in [0.5, 0.6) is 11.5 Å². The molecule has 0 fully saturated rings. The largest absolute Gasteiger partial charge is 0.497 e. The number of anilines is 2. The maximum absolute atomic E-state index is 12.2. The van der Waals surface area contributed by atoms with E-state index in [1.54, 1.807) is 25.3 Å². The Morgan fingerprint density at radius 1 is 1.39 bits per heavy atom. The minimum atomic E-state index is -0.711. The molecule has 1 unspecified atom stereocenters. The van der Waals surface area contributed by atoms with E-state index in [-0.39, 0.29) is 18.2 Å². The summed E-state index contributed by atoms with van der Waals surface area (Å²) in [5, 5.41) is 9.23. The number of amides is 2. The predicted octanol–water partition coefficient (Wildman–Crippen LogP) is 0.817. The quantitative estimate of drug-likeness (QED) is 0.845. The number of carbonyl (C=O) groups is 2. The van der Waals surface area contributed by atoms with Gasteiger partial charge in [0.25, 0.3) is 5.91 Å². The van der Waals surface area contributed by atoms with E-state index in [0.717, 1.165) is 0 Å². The molecule has 2 N–H and O–H groups in total. The van der Waals surface area contributed by atoms with Crippen molar-refractivity contribution in [2.75, 3.05) is 24.9 Å². The van der Waals surface area contributed by atoms with Crippen molar-refractivity contribution in [3.63, 3.8) is 0 Å². The molecule has 2 amide bonds. The van der Waals surface area contributed by atoms with Gasteiger partial charge in [0.2, 0.25) is 11.9 Å². The maximum Gasteiger partial charge on any atom is 0.252 e. The van der Waals surface area contributed by atoms with Crippen molar-refractivity contribution in [3.8, 4) is 11.5 Å². The van der Waals surface area contributed by atoms with Crippen molar-refractivity contribution in [1.82, 2.24) is 14.8 Å². The molecule has 0 saturated heterocycles. The van der Waals surface area contributed by atoms with E-state index >= 15 is 0 Å². The van der Waals surface area contributed by atoms with E-state index < -0.39 is 6.04 Å². The molecule has 0 aliphatic carbocycles. The van der Waals surface area contributed by atoms with Gasteiger partial charge in [0.1, 0.15) is 23.9 Å². The van der Waals surface area contributed by atoms with E-state index in [0.29, 0.717) is 23.1 Å². The third-order valence-electron chi connectivity index (χ3n) is 3.47. The number of carbonyl (C=O) groups excluding carboxylic acids is 2. The molecule has 0 saturated carbocycles. The summed E-state index contributed by atoms with van der Waals surface area (Å²) in [6.07, 6.45) is 1.27. The fourth-order valence-corrected chi connectivity index (χ4v) is 2.33. The van der Waals surface area contributed by atoms with Crippen molar-refractivity contribution in [2.45, 2.75) is 12.5 Å². The molecule has 23 heavy (non-hydrogen) atoms. The first-order valence-corrected chi connectivity index (χ1v) is 6.84. The standard InChI is InChI=1S/C14H15N5O4/c1-22-8-3-4-9(11(5-8)23-2)17-12(20)6-10-13(21)18-14-15-7-16-19(10)14/h3-5,7,10H,6H2,1-2H3,(H,17,20)(H,15,16,18,21). The number of benzene rings is 1. The Morgan fingerprint density at radius 3 is 2.96 bits per heavy atom. The minimum Gasteiger partial charge on any atom is -0.497 e. The summed E-state index contributed by atoms with van der Waals surface area (Å²) < 4.78 is 11.7. The molecule has 0 radical (unpaired) electrons. The Bertz CT molecular complexity index is 757. The van der Waals surface area contributed by atoms with E-state index in [2.05, 4.69) is 20.7 Å². The lowest BCUT2D eigenvalue weighted by Gasteiger charge is -2.13. The molecule has 1 aromatic carbocycles. The SMILES string of the molecule is COc1ccc(NC(=O)CC2C(=O)Nc3ncnn32)c(OC)c1. The van der Waals surface area contributed by atoms with Crippen molar-refractivity contribution in [3.05, 3.63) is 24.5 Å². The van der Waals surface area contributed by atoms with Gasteiger partial charge in [0.15, 0.2) is 0 Å². The Hall–Kier alpha value is -3.10. The lowest BCUT2D eigenvalue weighted by atomic mass is 10.2. The number of ether oxygens (including phenoxy) is 2. The lowest BCUT2D eigenvalue weighted by molar-refractivity contribution is -0.123. The molecule has 1 aromatic heterocycles. The summed E-state index contributed by atoms with van der Waals surface area (Å²) >= 11 is 0. The molecule has 2 heterocycles. The zero-order chi connectivity index (χ0) is 16.4. The number of aromatic nitrogens is 3. The van der Waals surface area contributed by atoms with E-state index in [1.807, 2.05) is 0 Å². The van der Waals surface area contributed by atoms with Crippen LogP contribution in [-0.4, -0.2) is 40.8 Å². The van der Waals surface area contributed by atoms with Crippen LogP contribution < -0.4 is 20.1 Å². The number of fused-ring (bicyclic) bond motifs is 1. The van der Waals surface area contributed by atoms with Crippen LogP contribution in [0, 0.1) is 0 Å². The molecule has 1 atom stereocenters. The molecule has 0 spiro atoms. The van der Waals surface area contributed by atoms with Gasteiger partial charge >= 0.3 is 0 Å². The number of hydrogen-bond acceptors (Lipinski definition) is 6. The van der Waals surface area contributed by atoms with Crippen molar-refractivity contribution >= 4 is 23.5 Å². The predicted molar refractivity (Wildman–Crippen MR) is 80.5 cm³/mol. The number of rotatable bonds is 5. The van der Waals surface area contributed by atoms with Gasteiger partial charge in [-0.3, -0.25) is 14.9 Å². The molecule has 0 bridgehead atoms. The van der Waals surface area contributed by atoms with Crippen LogP contribution >= 0.6 is 0 Å². The van der Waals surface area contributed by atoms with Gasteiger partial charge in [-0.1, -0.05) is 0 Å². The van der Waals surface area contributed by atoms with Gasteiger partial charge < -0.3 is 14.8 Å². The number of nitrogens with zero attached hydrogens (tertiary/aromatic N) is 3. The number of hydrogen-bond donors (Lipinski definition) is 2. The van der Waals surface area contributed by atoms with Crippen LogP contribution in [0.4, 0.5) is 11.6 Å². The van der Waals surface area contributed by atoms with Crippen LogP contribution in [-0.2, 0) is 9.59 Å². The van der Waals surface area contributed by atoms with Gasteiger partial charge in [0.05, 0.1) is 26.3 Å². The topological polar surface area (TPSA) is 107 Å². The molecule has 120 valence electrons. The maximum atomic E-state index is 12.2. The van der Waals surface area contributed by atoms with Gasteiger partial charge in [-0.05, 0) is 12.1 Å². The normalized spacial score (nSPS) is 15.7. The summed E-state index contributed by atoms with van der Waals surface area (Å²) in [5.41, 5.74) is 0.496. The first-order chi connectivity index (χ1) is 11.1. The van der Waals surface area contributed by atoms with Gasteiger partial charge in [0, 0.05) is 6.07 Å². The summed E-state index contributed by atoms with van der Waals surface area (Å²) in [7, 11) is 3.04.